The predicted molar refractivity (Wildman–Crippen MR) is 89.4 cm³/mol. The van der Waals surface area contributed by atoms with E-state index in [1.54, 1.807) is 31.2 Å². The lowest BCUT2D eigenvalue weighted by atomic mass is 10.1. The van der Waals surface area contributed by atoms with E-state index in [0.29, 0.717) is 10.6 Å². The van der Waals surface area contributed by atoms with Crippen molar-refractivity contribution in [2.45, 2.75) is 13.0 Å². The normalized spacial score (nSPS) is 11.2. The molecule has 1 N–H and O–H groups in total. The Balaban J connectivity index is 1.90. The molecule has 0 fully saturated rings. The van der Waals surface area contributed by atoms with Gasteiger partial charge in [0.05, 0.1) is 23.2 Å². The fourth-order valence-corrected chi connectivity index (χ4v) is 2.42. The van der Waals surface area contributed by atoms with Crippen molar-refractivity contribution in [2.75, 3.05) is 6.61 Å². The summed E-state index contributed by atoms with van der Waals surface area (Å²) in [6.07, 6.45) is 0. The lowest BCUT2D eigenvalue weighted by Crippen LogP contribution is -2.31. The molecule has 2 rings (SSSR count). The summed E-state index contributed by atoms with van der Waals surface area (Å²) in [7, 11) is 0. The molecule has 24 heavy (non-hydrogen) atoms. The predicted octanol–water partition coefficient (Wildman–Crippen LogP) is 3.25. The molecule has 0 radical (unpaired) electrons. The largest absolute Gasteiger partial charge is 0.452 e. The van der Waals surface area contributed by atoms with Gasteiger partial charge in [0, 0.05) is 5.02 Å². The smallest absolute Gasteiger partial charge is 0.338 e. The van der Waals surface area contributed by atoms with Gasteiger partial charge in [0.15, 0.2) is 6.61 Å². The van der Waals surface area contributed by atoms with Gasteiger partial charge < -0.3 is 10.1 Å². The third-order valence-corrected chi connectivity index (χ3v) is 3.66. The number of ether oxygens (including phenoxy) is 1. The monoisotopic (exact) mass is 342 g/mol. The zero-order chi connectivity index (χ0) is 17.5. The van der Waals surface area contributed by atoms with Gasteiger partial charge in [-0.05, 0) is 36.8 Å². The Morgan fingerprint density at radius 3 is 2.71 bits per heavy atom. The summed E-state index contributed by atoms with van der Waals surface area (Å²) in [6.45, 7) is 1.38. The minimum absolute atomic E-state index is 0.223. The number of hydrogen-bond donors (Lipinski definition) is 1. The molecule has 2 aromatic rings. The molecule has 0 spiro atoms. The summed E-state index contributed by atoms with van der Waals surface area (Å²) in [6, 6.07) is 14.9. The molecule has 6 heteroatoms. The van der Waals surface area contributed by atoms with Crippen LogP contribution >= 0.6 is 11.6 Å². The molecule has 1 amide bonds. The number of esters is 1. The highest BCUT2D eigenvalue weighted by Gasteiger charge is 2.14. The van der Waals surface area contributed by atoms with Crippen LogP contribution in [0.15, 0.2) is 48.5 Å². The van der Waals surface area contributed by atoms with Crippen molar-refractivity contribution in [3.05, 3.63) is 70.2 Å². The highest BCUT2D eigenvalue weighted by Crippen LogP contribution is 2.21. The van der Waals surface area contributed by atoms with Gasteiger partial charge >= 0.3 is 5.97 Å². The molecule has 5 nitrogen and oxygen atoms in total. The summed E-state index contributed by atoms with van der Waals surface area (Å²) in [4.78, 5) is 23.8. The van der Waals surface area contributed by atoms with Crippen molar-refractivity contribution in [1.29, 1.82) is 5.26 Å². The molecule has 0 saturated carbocycles. The average Bonchev–Trinajstić information content (AvgIpc) is 2.60. The number of nitriles is 1. The van der Waals surface area contributed by atoms with E-state index in [-0.39, 0.29) is 11.6 Å². The number of halogens is 1. The van der Waals surface area contributed by atoms with Crippen LogP contribution in [0.4, 0.5) is 0 Å². The minimum atomic E-state index is -0.660. The van der Waals surface area contributed by atoms with Crippen molar-refractivity contribution in [2.24, 2.45) is 0 Å². The molecular formula is C18H15ClN2O3. The van der Waals surface area contributed by atoms with Gasteiger partial charge in [-0.25, -0.2) is 4.79 Å². The maximum absolute atomic E-state index is 11.9. The van der Waals surface area contributed by atoms with Crippen LogP contribution in [-0.2, 0) is 9.53 Å². The number of amides is 1. The SMILES string of the molecule is C[C@H](NC(=O)COC(=O)c1cccc(C#N)c1)c1ccccc1Cl. The Kier molecular flexibility index (Phi) is 5.94. The summed E-state index contributed by atoms with van der Waals surface area (Å²) >= 11 is 6.08. The van der Waals surface area contributed by atoms with Crippen LogP contribution in [0.3, 0.4) is 0 Å². The molecule has 122 valence electrons. The zero-order valence-corrected chi connectivity index (χ0v) is 13.7. The molecule has 0 aliphatic heterocycles. The molecule has 0 bridgehead atoms. The van der Waals surface area contributed by atoms with Gasteiger partial charge in [-0.1, -0.05) is 35.9 Å². The molecule has 1 atom stereocenters. The molecule has 0 aliphatic rings. The maximum atomic E-state index is 11.9. The topological polar surface area (TPSA) is 79.2 Å². The molecule has 0 aliphatic carbocycles. The van der Waals surface area contributed by atoms with Crippen molar-refractivity contribution >= 4 is 23.5 Å². The first kappa shape index (κ1) is 17.5. The zero-order valence-electron chi connectivity index (χ0n) is 13.0. The molecule has 2 aromatic carbocycles. The summed E-state index contributed by atoms with van der Waals surface area (Å²) < 4.78 is 4.96. The van der Waals surface area contributed by atoms with Crippen LogP contribution in [0.1, 0.15) is 34.5 Å². The Hall–Kier alpha value is -2.84. The first-order valence-electron chi connectivity index (χ1n) is 7.22. The molecule has 0 unspecified atom stereocenters. The number of hydrogen-bond acceptors (Lipinski definition) is 4. The van der Waals surface area contributed by atoms with Gasteiger partial charge in [-0.3, -0.25) is 4.79 Å². The van der Waals surface area contributed by atoms with Crippen LogP contribution in [0.25, 0.3) is 0 Å². The average molecular weight is 343 g/mol. The van der Waals surface area contributed by atoms with Crippen LogP contribution in [0, 0.1) is 11.3 Å². The van der Waals surface area contributed by atoms with Crippen molar-refractivity contribution < 1.29 is 14.3 Å². The van der Waals surface area contributed by atoms with E-state index in [1.807, 2.05) is 18.2 Å². The van der Waals surface area contributed by atoms with Crippen molar-refractivity contribution in [3.63, 3.8) is 0 Å². The Bertz CT molecular complexity index is 799. The number of rotatable bonds is 5. The Morgan fingerprint density at radius 1 is 1.25 bits per heavy atom. The second kappa shape index (κ2) is 8.14. The maximum Gasteiger partial charge on any atom is 0.338 e. The second-order valence-electron chi connectivity index (χ2n) is 5.08. The first-order chi connectivity index (χ1) is 11.5. The van der Waals surface area contributed by atoms with Gasteiger partial charge in [-0.15, -0.1) is 0 Å². The van der Waals surface area contributed by atoms with Crippen molar-refractivity contribution in [3.8, 4) is 6.07 Å². The Labute approximate surface area is 144 Å². The van der Waals surface area contributed by atoms with E-state index < -0.39 is 18.5 Å². The van der Waals surface area contributed by atoms with Gasteiger partial charge in [0.2, 0.25) is 0 Å². The number of carbonyl (C=O) groups is 2. The Morgan fingerprint density at radius 2 is 2.00 bits per heavy atom. The lowest BCUT2D eigenvalue weighted by Gasteiger charge is -2.15. The first-order valence-corrected chi connectivity index (χ1v) is 7.60. The fourth-order valence-electron chi connectivity index (χ4n) is 2.12. The van der Waals surface area contributed by atoms with Gasteiger partial charge in [0.25, 0.3) is 5.91 Å². The van der Waals surface area contributed by atoms with Gasteiger partial charge in [0.1, 0.15) is 0 Å². The molecule has 0 saturated heterocycles. The van der Waals surface area contributed by atoms with Crippen molar-refractivity contribution in [1.82, 2.24) is 5.32 Å². The minimum Gasteiger partial charge on any atom is -0.452 e. The van der Waals surface area contributed by atoms with E-state index in [2.05, 4.69) is 5.32 Å². The van der Waals surface area contributed by atoms with E-state index in [0.717, 1.165) is 5.56 Å². The van der Waals surface area contributed by atoms with Crippen LogP contribution in [0.2, 0.25) is 5.02 Å². The molecule has 0 aromatic heterocycles. The highest BCUT2D eigenvalue weighted by molar-refractivity contribution is 6.31. The molecule has 0 heterocycles. The second-order valence-corrected chi connectivity index (χ2v) is 5.49. The standard InChI is InChI=1S/C18H15ClN2O3/c1-12(15-7-2-3-8-16(15)19)21-17(22)11-24-18(23)14-6-4-5-13(9-14)10-20/h2-9,12H,11H2,1H3,(H,21,22)/t12-/m0/s1. The van der Waals surface area contributed by atoms with E-state index in [9.17, 15) is 9.59 Å². The number of carbonyl (C=O) groups excluding carboxylic acids is 2. The summed E-state index contributed by atoms with van der Waals surface area (Å²) in [5.74, 6) is -1.10. The summed E-state index contributed by atoms with van der Waals surface area (Å²) in [5.41, 5.74) is 1.35. The van der Waals surface area contributed by atoms with Crippen LogP contribution in [-0.4, -0.2) is 18.5 Å². The van der Waals surface area contributed by atoms with E-state index in [1.165, 1.54) is 12.1 Å². The van der Waals surface area contributed by atoms with Gasteiger partial charge in [-0.2, -0.15) is 5.26 Å². The number of benzene rings is 2. The van der Waals surface area contributed by atoms with Crippen LogP contribution < -0.4 is 5.32 Å². The lowest BCUT2D eigenvalue weighted by molar-refractivity contribution is -0.124. The molecular weight excluding hydrogens is 328 g/mol. The van der Waals surface area contributed by atoms with E-state index in [4.69, 9.17) is 21.6 Å². The fraction of sp³-hybridized carbons (Fsp3) is 0.167. The number of nitrogens with zero attached hydrogens (tertiary/aromatic N) is 1. The third kappa shape index (κ3) is 4.58. The highest BCUT2D eigenvalue weighted by atomic mass is 35.5. The third-order valence-electron chi connectivity index (χ3n) is 3.31. The summed E-state index contributed by atoms with van der Waals surface area (Å²) in [5, 5.41) is 12.1. The number of nitrogens with one attached hydrogen (secondary N) is 1. The van der Waals surface area contributed by atoms with E-state index >= 15 is 0 Å². The quantitative estimate of drug-likeness (QED) is 0.846. The van der Waals surface area contributed by atoms with Crippen LogP contribution in [0.5, 0.6) is 0 Å².